The molecular formula is C15H18N2O2S. The second-order valence-electron chi connectivity index (χ2n) is 4.61. The maximum Gasteiger partial charge on any atom is 0.120 e. The molecule has 106 valence electrons. The van der Waals surface area contributed by atoms with Crippen LogP contribution >= 0.6 is 12.2 Å². The molecule has 0 spiro atoms. The van der Waals surface area contributed by atoms with E-state index in [1.54, 1.807) is 13.4 Å². The first-order valence-electron chi connectivity index (χ1n) is 6.25. The predicted molar refractivity (Wildman–Crippen MR) is 84.4 cm³/mol. The maximum atomic E-state index is 5.79. The number of benzene rings is 1. The summed E-state index contributed by atoms with van der Waals surface area (Å²) in [5.41, 5.74) is 8.70. The number of ether oxygens (including phenoxy) is 1. The second kappa shape index (κ2) is 5.96. The molecule has 0 aliphatic heterocycles. The van der Waals surface area contributed by atoms with Gasteiger partial charge in [-0.1, -0.05) is 12.2 Å². The third-order valence-electron chi connectivity index (χ3n) is 3.26. The van der Waals surface area contributed by atoms with Crippen molar-refractivity contribution in [1.82, 2.24) is 0 Å². The Morgan fingerprint density at radius 2 is 2.15 bits per heavy atom. The van der Waals surface area contributed by atoms with Crippen LogP contribution in [-0.2, 0) is 6.54 Å². The van der Waals surface area contributed by atoms with Crippen molar-refractivity contribution in [2.75, 3.05) is 19.1 Å². The number of rotatable bonds is 5. The van der Waals surface area contributed by atoms with Gasteiger partial charge in [0.05, 0.1) is 19.1 Å². The molecule has 2 rings (SSSR count). The van der Waals surface area contributed by atoms with Crippen LogP contribution in [0, 0.1) is 6.92 Å². The van der Waals surface area contributed by atoms with Crippen LogP contribution in [0.2, 0.25) is 0 Å². The third-order valence-corrected chi connectivity index (χ3v) is 3.48. The number of methoxy groups -OCH3 is 1. The van der Waals surface area contributed by atoms with Crippen LogP contribution in [0.5, 0.6) is 5.75 Å². The van der Waals surface area contributed by atoms with Gasteiger partial charge in [-0.25, -0.2) is 0 Å². The molecule has 0 saturated heterocycles. The standard InChI is InChI=1S/C15H18N2O2S/c1-10-11(6-7-19-10)9-17(2)14-8-12(18-3)4-5-13(14)15(16)20/h4-8H,9H2,1-3H3,(H2,16,20). The van der Waals surface area contributed by atoms with Gasteiger partial charge in [0.2, 0.25) is 0 Å². The number of nitrogens with zero attached hydrogens (tertiary/aromatic N) is 1. The van der Waals surface area contributed by atoms with Gasteiger partial charge in [0.1, 0.15) is 16.5 Å². The lowest BCUT2D eigenvalue weighted by molar-refractivity contribution is 0.415. The van der Waals surface area contributed by atoms with E-state index in [1.807, 2.05) is 38.2 Å². The highest BCUT2D eigenvalue weighted by Crippen LogP contribution is 2.27. The fourth-order valence-electron chi connectivity index (χ4n) is 2.08. The summed E-state index contributed by atoms with van der Waals surface area (Å²) in [6.07, 6.45) is 1.69. The molecule has 0 aliphatic carbocycles. The highest BCUT2D eigenvalue weighted by atomic mass is 32.1. The summed E-state index contributed by atoms with van der Waals surface area (Å²) >= 11 is 5.11. The Morgan fingerprint density at radius 1 is 1.40 bits per heavy atom. The number of anilines is 1. The van der Waals surface area contributed by atoms with Crippen molar-refractivity contribution in [1.29, 1.82) is 0 Å². The molecule has 0 fully saturated rings. The van der Waals surface area contributed by atoms with Crippen LogP contribution < -0.4 is 15.4 Å². The molecule has 2 aromatic rings. The molecule has 0 radical (unpaired) electrons. The number of thiocarbonyl (C=S) groups is 1. The van der Waals surface area contributed by atoms with E-state index in [-0.39, 0.29) is 0 Å². The summed E-state index contributed by atoms with van der Waals surface area (Å²) in [6, 6.07) is 7.64. The topological polar surface area (TPSA) is 51.6 Å². The molecule has 2 N–H and O–H groups in total. The van der Waals surface area contributed by atoms with E-state index in [1.165, 1.54) is 0 Å². The lowest BCUT2D eigenvalue weighted by Crippen LogP contribution is -2.21. The highest BCUT2D eigenvalue weighted by Gasteiger charge is 2.13. The van der Waals surface area contributed by atoms with E-state index in [4.69, 9.17) is 27.1 Å². The highest BCUT2D eigenvalue weighted by molar-refractivity contribution is 7.80. The van der Waals surface area contributed by atoms with Gasteiger partial charge in [-0.05, 0) is 25.1 Å². The van der Waals surface area contributed by atoms with Gasteiger partial charge in [-0.3, -0.25) is 0 Å². The molecule has 1 aromatic heterocycles. The molecule has 20 heavy (non-hydrogen) atoms. The Morgan fingerprint density at radius 3 is 2.70 bits per heavy atom. The average molecular weight is 290 g/mol. The van der Waals surface area contributed by atoms with E-state index in [0.717, 1.165) is 28.3 Å². The smallest absolute Gasteiger partial charge is 0.120 e. The summed E-state index contributed by atoms with van der Waals surface area (Å²) in [7, 11) is 3.63. The number of aryl methyl sites for hydroxylation is 1. The average Bonchev–Trinajstić information content (AvgIpc) is 2.83. The maximum absolute atomic E-state index is 5.79. The zero-order valence-electron chi connectivity index (χ0n) is 11.8. The summed E-state index contributed by atoms with van der Waals surface area (Å²) in [5, 5.41) is 0. The van der Waals surface area contributed by atoms with Gasteiger partial charge in [-0.2, -0.15) is 0 Å². The van der Waals surface area contributed by atoms with Crippen molar-refractivity contribution in [3.63, 3.8) is 0 Å². The lowest BCUT2D eigenvalue weighted by atomic mass is 10.1. The first-order valence-corrected chi connectivity index (χ1v) is 6.65. The molecule has 0 atom stereocenters. The van der Waals surface area contributed by atoms with Gasteiger partial charge in [-0.15, -0.1) is 0 Å². The van der Waals surface area contributed by atoms with Gasteiger partial charge >= 0.3 is 0 Å². The van der Waals surface area contributed by atoms with Crippen LogP contribution in [0.15, 0.2) is 34.9 Å². The van der Waals surface area contributed by atoms with Gasteiger partial charge in [0, 0.05) is 30.8 Å². The van der Waals surface area contributed by atoms with Crippen molar-refractivity contribution < 1.29 is 9.15 Å². The van der Waals surface area contributed by atoms with Crippen LogP contribution in [0.3, 0.4) is 0 Å². The first kappa shape index (κ1) is 14.4. The minimum atomic E-state index is 0.374. The molecule has 1 heterocycles. The normalized spacial score (nSPS) is 10.3. The Bertz CT molecular complexity index is 622. The van der Waals surface area contributed by atoms with Crippen molar-refractivity contribution in [3.8, 4) is 5.75 Å². The van der Waals surface area contributed by atoms with E-state index < -0.39 is 0 Å². The molecule has 0 aliphatic rings. The Labute approximate surface area is 124 Å². The van der Waals surface area contributed by atoms with E-state index in [0.29, 0.717) is 11.5 Å². The molecule has 0 unspecified atom stereocenters. The van der Waals surface area contributed by atoms with E-state index in [2.05, 4.69) is 4.90 Å². The second-order valence-corrected chi connectivity index (χ2v) is 5.05. The van der Waals surface area contributed by atoms with Crippen molar-refractivity contribution >= 4 is 22.9 Å². The Balaban J connectivity index is 2.34. The monoisotopic (exact) mass is 290 g/mol. The number of nitrogens with two attached hydrogens (primary N) is 1. The van der Waals surface area contributed by atoms with E-state index >= 15 is 0 Å². The molecular weight excluding hydrogens is 272 g/mol. The molecule has 5 heteroatoms. The van der Waals surface area contributed by atoms with Gasteiger partial charge in [0.15, 0.2) is 0 Å². The number of furan rings is 1. The lowest BCUT2D eigenvalue weighted by Gasteiger charge is -2.22. The van der Waals surface area contributed by atoms with Crippen molar-refractivity contribution in [3.05, 3.63) is 47.4 Å². The van der Waals surface area contributed by atoms with Crippen LogP contribution in [0.25, 0.3) is 0 Å². The molecule has 1 aromatic carbocycles. The van der Waals surface area contributed by atoms with Crippen LogP contribution in [0.4, 0.5) is 5.69 Å². The molecule has 0 bridgehead atoms. The Hall–Kier alpha value is -2.01. The Kier molecular flexibility index (Phi) is 4.29. The summed E-state index contributed by atoms with van der Waals surface area (Å²) in [4.78, 5) is 2.45. The molecule has 0 saturated carbocycles. The molecule has 4 nitrogen and oxygen atoms in total. The number of hydrogen-bond acceptors (Lipinski definition) is 4. The van der Waals surface area contributed by atoms with Gasteiger partial charge < -0.3 is 19.8 Å². The summed E-state index contributed by atoms with van der Waals surface area (Å²) in [6.45, 7) is 2.66. The van der Waals surface area contributed by atoms with E-state index in [9.17, 15) is 0 Å². The quantitative estimate of drug-likeness (QED) is 0.858. The van der Waals surface area contributed by atoms with Crippen LogP contribution in [0.1, 0.15) is 16.9 Å². The zero-order valence-corrected chi connectivity index (χ0v) is 12.7. The third kappa shape index (κ3) is 2.93. The summed E-state index contributed by atoms with van der Waals surface area (Å²) in [5.74, 6) is 1.69. The molecule has 0 amide bonds. The van der Waals surface area contributed by atoms with Crippen molar-refractivity contribution in [2.45, 2.75) is 13.5 Å². The summed E-state index contributed by atoms with van der Waals surface area (Å²) < 4.78 is 10.6. The predicted octanol–water partition coefficient (Wildman–Crippen LogP) is 2.87. The zero-order chi connectivity index (χ0) is 14.7. The number of hydrogen-bond donors (Lipinski definition) is 1. The van der Waals surface area contributed by atoms with Gasteiger partial charge in [0.25, 0.3) is 0 Å². The minimum absolute atomic E-state index is 0.374. The van der Waals surface area contributed by atoms with Crippen LogP contribution in [-0.4, -0.2) is 19.1 Å². The fraction of sp³-hybridized carbons (Fsp3) is 0.267. The first-order chi connectivity index (χ1) is 9.52. The minimum Gasteiger partial charge on any atom is -0.497 e. The SMILES string of the molecule is COc1ccc(C(N)=S)c(N(C)Cc2ccoc2C)c1. The van der Waals surface area contributed by atoms with Crippen molar-refractivity contribution in [2.24, 2.45) is 5.73 Å². The fourth-order valence-corrected chi connectivity index (χ4v) is 2.25. The largest absolute Gasteiger partial charge is 0.497 e.